The Balaban J connectivity index is 0.00000300. The number of guanidine groups is 1. The molecule has 0 saturated carbocycles. The van der Waals surface area contributed by atoms with Crippen molar-refractivity contribution in [3.63, 3.8) is 0 Å². The summed E-state index contributed by atoms with van der Waals surface area (Å²) in [7, 11) is 1.60. The Bertz CT molecular complexity index is 827. The molecule has 1 saturated heterocycles. The predicted octanol–water partition coefficient (Wildman–Crippen LogP) is 4.25. The van der Waals surface area contributed by atoms with Crippen LogP contribution in [0.1, 0.15) is 23.5 Å². The van der Waals surface area contributed by atoms with Crippen LogP contribution in [0.2, 0.25) is 0 Å². The lowest BCUT2D eigenvalue weighted by atomic mass is 10.0. The Morgan fingerprint density at radius 3 is 2.83 bits per heavy atom. The van der Waals surface area contributed by atoms with Gasteiger partial charge in [0.15, 0.2) is 11.7 Å². The van der Waals surface area contributed by atoms with Crippen molar-refractivity contribution in [2.45, 2.75) is 31.6 Å². The van der Waals surface area contributed by atoms with Gasteiger partial charge in [0.1, 0.15) is 10.8 Å². The number of piperidine rings is 1. The lowest BCUT2D eigenvalue weighted by molar-refractivity contribution is -0.140. The molecule has 1 aromatic heterocycles. The van der Waals surface area contributed by atoms with Crippen LogP contribution in [-0.4, -0.2) is 37.1 Å². The van der Waals surface area contributed by atoms with Crippen LogP contribution in [0, 0.1) is 5.82 Å². The van der Waals surface area contributed by atoms with Crippen molar-refractivity contribution in [1.82, 2.24) is 15.6 Å². The molecule has 2 aromatic rings. The highest BCUT2D eigenvalue weighted by molar-refractivity contribution is 14.0. The number of halogens is 5. The number of hydrogen-bond acceptors (Lipinski definition) is 4. The van der Waals surface area contributed by atoms with Gasteiger partial charge in [0.25, 0.3) is 0 Å². The summed E-state index contributed by atoms with van der Waals surface area (Å²) in [6, 6.07) is 6.57. The fourth-order valence-electron chi connectivity index (χ4n) is 3.07. The molecule has 1 fully saturated rings. The van der Waals surface area contributed by atoms with Gasteiger partial charge in [-0.25, -0.2) is 9.37 Å². The third kappa shape index (κ3) is 6.69. The summed E-state index contributed by atoms with van der Waals surface area (Å²) >= 11 is 0.954. The summed E-state index contributed by atoms with van der Waals surface area (Å²) in [6.45, 7) is 1.67. The van der Waals surface area contributed by atoms with Crippen LogP contribution in [0.4, 0.5) is 23.2 Å². The minimum absolute atomic E-state index is 0. The van der Waals surface area contributed by atoms with Crippen LogP contribution in [-0.2, 0) is 12.7 Å². The second-order valence-corrected chi connectivity index (χ2v) is 7.40. The number of nitrogens with one attached hydrogen (secondary N) is 2. The molecule has 160 valence electrons. The number of aromatic nitrogens is 1. The zero-order valence-electron chi connectivity index (χ0n) is 15.7. The van der Waals surface area contributed by atoms with Gasteiger partial charge in [-0.1, -0.05) is 6.07 Å². The first kappa shape index (κ1) is 23.6. The number of nitrogens with zero attached hydrogens (tertiary/aromatic N) is 3. The zero-order chi connectivity index (χ0) is 20.1. The first-order valence-electron chi connectivity index (χ1n) is 8.84. The Morgan fingerprint density at radius 2 is 2.17 bits per heavy atom. The van der Waals surface area contributed by atoms with Crippen LogP contribution in [0.15, 0.2) is 34.6 Å². The molecule has 0 aliphatic carbocycles. The van der Waals surface area contributed by atoms with E-state index in [0.29, 0.717) is 17.5 Å². The normalized spacial score (nSPS) is 17.6. The van der Waals surface area contributed by atoms with Crippen molar-refractivity contribution in [3.8, 4) is 0 Å². The highest BCUT2D eigenvalue weighted by Gasteiger charge is 2.33. The van der Waals surface area contributed by atoms with Gasteiger partial charge >= 0.3 is 6.18 Å². The monoisotopic (exact) mass is 543 g/mol. The van der Waals surface area contributed by atoms with Gasteiger partial charge < -0.3 is 15.5 Å². The van der Waals surface area contributed by atoms with Gasteiger partial charge in [-0.3, -0.25) is 4.99 Å². The van der Waals surface area contributed by atoms with Crippen LogP contribution in [0.25, 0.3) is 0 Å². The van der Waals surface area contributed by atoms with E-state index >= 15 is 0 Å². The Labute approximate surface area is 187 Å². The van der Waals surface area contributed by atoms with E-state index in [2.05, 4.69) is 25.5 Å². The molecule has 1 aromatic carbocycles. The van der Waals surface area contributed by atoms with Crippen LogP contribution in [0.3, 0.4) is 0 Å². The molecule has 5 nitrogen and oxygen atoms in total. The molecule has 2 N–H and O–H groups in total. The molecule has 0 spiro atoms. The van der Waals surface area contributed by atoms with Crippen molar-refractivity contribution < 1.29 is 17.6 Å². The average molecular weight is 543 g/mol. The maximum Gasteiger partial charge on any atom is 0.434 e. The Morgan fingerprint density at radius 1 is 1.38 bits per heavy atom. The van der Waals surface area contributed by atoms with E-state index in [1.165, 1.54) is 12.1 Å². The van der Waals surface area contributed by atoms with Crippen LogP contribution >= 0.6 is 35.3 Å². The Hall–Kier alpha value is -1.63. The van der Waals surface area contributed by atoms with Gasteiger partial charge in [-0.05, 0) is 31.0 Å². The van der Waals surface area contributed by atoms with Gasteiger partial charge in [0.2, 0.25) is 0 Å². The highest BCUT2D eigenvalue weighted by atomic mass is 127. The predicted molar refractivity (Wildman–Crippen MR) is 118 cm³/mol. The Kier molecular flexibility index (Phi) is 8.49. The topological polar surface area (TPSA) is 52.6 Å². The van der Waals surface area contributed by atoms with Crippen LogP contribution < -0.4 is 15.5 Å². The van der Waals surface area contributed by atoms with Gasteiger partial charge in [0, 0.05) is 37.2 Å². The molecule has 0 amide bonds. The molecule has 29 heavy (non-hydrogen) atoms. The summed E-state index contributed by atoms with van der Waals surface area (Å²) in [5.41, 5.74) is -0.0489. The summed E-state index contributed by atoms with van der Waals surface area (Å²) in [5.74, 6) is 0.224. The third-order valence-corrected chi connectivity index (χ3v) is 5.26. The SMILES string of the molecule is CN=C(NCc1nc(C(F)(F)F)cs1)NC1CCCN(c2cccc(F)c2)C1.I. The fourth-order valence-corrected chi connectivity index (χ4v) is 3.81. The molecule has 0 bridgehead atoms. The van der Waals surface area contributed by atoms with E-state index in [0.717, 1.165) is 41.8 Å². The van der Waals surface area contributed by atoms with Crippen molar-refractivity contribution in [1.29, 1.82) is 0 Å². The smallest absolute Gasteiger partial charge is 0.369 e. The standard InChI is InChI=1S/C18H21F4N5S.HI/c1-23-17(24-9-16-26-15(11-28-16)18(20,21)22)25-13-5-3-7-27(10-13)14-6-2-4-12(19)8-14;/h2,4,6,8,11,13H,3,5,7,9-10H2,1H3,(H2,23,24,25);1H. The van der Waals surface area contributed by atoms with Crippen molar-refractivity contribution in [2.75, 3.05) is 25.0 Å². The van der Waals surface area contributed by atoms with Crippen molar-refractivity contribution >= 4 is 47.0 Å². The largest absolute Gasteiger partial charge is 0.434 e. The minimum atomic E-state index is -4.43. The van der Waals surface area contributed by atoms with E-state index in [1.54, 1.807) is 13.1 Å². The summed E-state index contributed by atoms with van der Waals surface area (Å²) in [5, 5.41) is 7.63. The maximum atomic E-state index is 13.5. The molecule has 2 heterocycles. The zero-order valence-corrected chi connectivity index (χ0v) is 18.8. The summed E-state index contributed by atoms with van der Waals surface area (Å²) in [4.78, 5) is 9.84. The van der Waals surface area contributed by atoms with E-state index in [-0.39, 0.29) is 42.4 Å². The minimum Gasteiger partial charge on any atom is -0.369 e. The van der Waals surface area contributed by atoms with Crippen molar-refractivity contribution in [3.05, 3.63) is 46.2 Å². The first-order chi connectivity index (χ1) is 13.3. The number of benzene rings is 1. The average Bonchev–Trinajstić information content (AvgIpc) is 3.15. The quantitative estimate of drug-likeness (QED) is 0.262. The molecule has 1 aliphatic heterocycles. The number of alkyl halides is 3. The van der Waals surface area contributed by atoms with E-state index < -0.39 is 11.9 Å². The molecular formula is C18H22F4IN5S. The van der Waals surface area contributed by atoms with E-state index in [1.807, 2.05) is 6.07 Å². The van der Waals surface area contributed by atoms with E-state index in [9.17, 15) is 17.6 Å². The number of thiazole rings is 1. The highest BCUT2D eigenvalue weighted by Crippen LogP contribution is 2.30. The number of aliphatic imine (C=N–C) groups is 1. The fraction of sp³-hybridized carbons (Fsp3) is 0.444. The van der Waals surface area contributed by atoms with Gasteiger partial charge in [-0.15, -0.1) is 35.3 Å². The molecular weight excluding hydrogens is 521 g/mol. The molecule has 11 heteroatoms. The van der Waals surface area contributed by atoms with E-state index in [4.69, 9.17) is 0 Å². The second kappa shape index (κ2) is 10.4. The molecule has 1 aliphatic rings. The lowest BCUT2D eigenvalue weighted by Gasteiger charge is -2.35. The first-order valence-corrected chi connectivity index (χ1v) is 9.72. The summed E-state index contributed by atoms with van der Waals surface area (Å²) in [6.07, 6.45) is -2.58. The molecule has 3 rings (SSSR count). The second-order valence-electron chi connectivity index (χ2n) is 6.46. The molecule has 1 unspecified atom stereocenters. The lowest BCUT2D eigenvalue weighted by Crippen LogP contribution is -2.51. The van der Waals surface area contributed by atoms with Crippen molar-refractivity contribution in [2.24, 2.45) is 4.99 Å². The number of hydrogen-bond donors (Lipinski definition) is 2. The molecule has 1 atom stereocenters. The molecule has 0 radical (unpaired) electrons. The third-order valence-electron chi connectivity index (χ3n) is 4.41. The van der Waals surface area contributed by atoms with Gasteiger partial charge in [-0.2, -0.15) is 13.2 Å². The number of rotatable bonds is 4. The number of anilines is 1. The van der Waals surface area contributed by atoms with Crippen LogP contribution in [0.5, 0.6) is 0 Å². The maximum absolute atomic E-state index is 13.5. The summed E-state index contributed by atoms with van der Waals surface area (Å²) < 4.78 is 51.4. The van der Waals surface area contributed by atoms with Gasteiger partial charge in [0.05, 0.1) is 6.54 Å².